The second-order valence-corrected chi connectivity index (χ2v) is 5.27. The van der Waals surface area contributed by atoms with Crippen molar-refractivity contribution in [3.63, 3.8) is 0 Å². The van der Waals surface area contributed by atoms with Crippen LogP contribution < -0.4 is 11.1 Å². The van der Waals surface area contributed by atoms with Gasteiger partial charge in [-0.25, -0.2) is 0 Å². The highest BCUT2D eigenvalue weighted by Crippen LogP contribution is 2.18. The fourth-order valence-electron chi connectivity index (χ4n) is 1.36. The second kappa shape index (κ2) is 5.21. The first-order valence-corrected chi connectivity index (χ1v) is 6.00. The van der Waals surface area contributed by atoms with Crippen LogP contribution in [-0.4, -0.2) is 12.5 Å². The summed E-state index contributed by atoms with van der Waals surface area (Å²) < 4.78 is 0. The molecule has 3 nitrogen and oxygen atoms in total. The van der Waals surface area contributed by atoms with Crippen molar-refractivity contribution in [1.29, 1.82) is 0 Å². The maximum Gasteiger partial charge on any atom is 0.251 e. The van der Waals surface area contributed by atoms with Gasteiger partial charge in [-0.3, -0.25) is 4.79 Å². The number of amides is 1. The maximum absolute atomic E-state index is 11.9. The minimum absolute atomic E-state index is 0.0328. The molecule has 0 aliphatic heterocycles. The summed E-state index contributed by atoms with van der Waals surface area (Å²) in [5.74, 6) is -0.0328. The van der Waals surface area contributed by atoms with Crippen molar-refractivity contribution >= 4 is 11.6 Å². The molecule has 0 aromatic heterocycles. The van der Waals surface area contributed by atoms with Crippen LogP contribution in [0.25, 0.3) is 0 Å². The molecular formula is C14H22N2O. The Bertz CT molecular complexity index is 411. The summed E-state index contributed by atoms with van der Waals surface area (Å²) in [5.41, 5.74) is 8.18. The van der Waals surface area contributed by atoms with Crippen LogP contribution in [0.5, 0.6) is 0 Å². The van der Waals surface area contributed by atoms with Gasteiger partial charge in [0.1, 0.15) is 0 Å². The molecule has 3 heteroatoms. The average molecular weight is 234 g/mol. The zero-order valence-corrected chi connectivity index (χ0v) is 11.1. The molecular weight excluding hydrogens is 212 g/mol. The van der Waals surface area contributed by atoms with Gasteiger partial charge in [-0.15, -0.1) is 0 Å². The number of rotatable bonds is 4. The summed E-state index contributed by atoms with van der Waals surface area (Å²) in [4.78, 5) is 11.9. The Morgan fingerprint density at radius 2 is 2.06 bits per heavy atom. The Morgan fingerprint density at radius 1 is 1.41 bits per heavy atom. The van der Waals surface area contributed by atoms with Crippen LogP contribution >= 0.6 is 0 Å². The summed E-state index contributed by atoms with van der Waals surface area (Å²) in [6, 6.07) is 5.36. The number of aryl methyl sites for hydroxylation is 1. The van der Waals surface area contributed by atoms with E-state index >= 15 is 0 Å². The Balaban J connectivity index is 2.68. The van der Waals surface area contributed by atoms with E-state index in [0.29, 0.717) is 12.1 Å². The van der Waals surface area contributed by atoms with Crippen molar-refractivity contribution in [3.8, 4) is 0 Å². The topological polar surface area (TPSA) is 55.1 Å². The molecule has 0 atom stereocenters. The van der Waals surface area contributed by atoms with Crippen LogP contribution in [0, 0.1) is 12.3 Å². The zero-order valence-electron chi connectivity index (χ0n) is 11.1. The minimum atomic E-state index is -0.0328. The van der Waals surface area contributed by atoms with Gasteiger partial charge in [0.25, 0.3) is 5.91 Å². The molecule has 0 aliphatic carbocycles. The standard InChI is InChI=1S/C14H22N2O/c1-5-14(3,4)9-16-13(17)11-6-7-12(15)10(2)8-11/h6-8H,5,9,15H2,1-4H3,(H,16,17). The molecule has 0 saturated carbocycles. The highest BCUT2D eigenvalue weighted by Gasteiger charge is 2.16. The van der Waals surface area contributed by atoms with Crippen molar-refractivity contribution < 1.29 is 4.79 Å². The normalized spacial score (nSPS) is 11.3. The van der Waals surface area contributed by atoms with Gasteiger partial charge in [-0.2, -0.15) is 0 Å². The van der Waals surface area contributed by atoms with Crippen LogP contribution in [0.15, 0.2) is 18.2 Å². The van der Waals surface area contributed by atoms with Crippen LogP contribution in [0.4, 0.5) is 5.69 Å². The molecule has 0 spiro atoms. The number of carbonyl (C=O) groups is 1. The van der Waals surface area contributed by atoms with Crippen LogP contribution in [0.2, 0.25) is 0 Å². The second-order valence-electron chi connectivity index (χ2n) is 5.27. The third-order valence-corrected chi connectivity index (χ3v) is 3.22. The van der Waals surface area contributed by atoms with Gasteiger partial charge in [0.15, 0.2) is 0 Å². The molecule has 1 amide bonds. The van der Waals surface area contributed by atoms with E-state index in [1.54, 1.807) is 12.1 Å². The molecule has 1 aromatic rings. The van der Waals surface area contributed by atoms with Gasteiger partial charge in [-0.05, 0) is 42.5 Å². The van der Waals surface area contributed by atoms with E-state index in [9.17, 15) is 4.79 Å². The van der Waals surface area contributed by atoms with E-state index in [-0.39, 0.29) is 11.3 Å². The number of carbonyl (C=O) groups excluding carboxylic acids is 1. The Hall–Kier alpha value is -1.51. The Kier molecular flexibility index (Phi) is 4.16. The number of hydrogen-bond donors (Lipinski definition) is 2. The fourth-order valence-corrected chi connectivity index (χ4v) is 1.36. The van der Waals surface area contributed by atoms with Gasteiger partial charge >= 0.3 is 0 Å². The number of benzene rings is 1. The summed E-state index contributed by atoms with van der Waals surface area (Å²) in [6.45, 7) is 9.00. The summed E-state index contributed by atoms with van der Waals surface area (Å²) in [5, 5.41) is 2.96. The van der Waals surface area contributed by atoms with E-state index in [1.165, 1.54) is 0 Å². The van der Waals surface area contributed by atoms with Gasteiger partial charge in [0, 0.05) is 17.8 Å². The third-order valence-electron chi connectivity index (χ3n) is 3.22. The lowest BCUT2D eigenvalue weighted by molar-refractivity contribution is 0.0935. The van der Waals surface area contributed by atoms with E-state index in [1.807, 2.05) is 13.0 Å². The molecule has 0 heterocycles. The Morgan fingerprint density at radius 3 is 2.59 bits per heavy atom. The number of nitrogen functional groups attached to an aromatic ring is 1. The zero-order chi connectivity index (χ0) is 13.1. The average Bonchev–Trinajstić information content (AvgIpc) is 2.30. The van der Waals surface area contributed by atoms with E-state index in [2.05, 4.69) is 26.1 Å². The van der Waals surface area contributed by atoms with Crippen molar-refractivity contribution in [2.45, 2.75) is 34.1 Å². The largest absolute Gasteiger partial charge is 0.399 e. The first kappa shape index (κ1) is 13.6. The first-order chi connectivity index (χ1) is 7.85. The van der Waals surface area contributed by atoms with Crippen molar-refractivity contribution in [1.82, 2.24) is 5.32 Å². The lowest BCUT2D eigenvalue weighted by Gasteiger charge is -2.22. The fraction of sp³-hybridized carbons (Fsp3) is 0.500. The highest BCUT2D eigenvalue weighted by molar-refractivity contribution is 5.94. The summed E-state index contributed by atoms with van der Waals surface area (Å²) in [6.07, 6.45) is 1.04. The molecule has 3 N–H and O–H groups in total. The predicted molar refractivity (Wildman–Crippen MR) is 72.0 cm³/mol. The summed E-state index contributed by atoms with van der Waals surface area (Å²) in [7, 11) is 0. The number of hydrogen-bond acceptors (Lipinski definition) is 2. The SMILES string of the molecule is CCC(C)(C)CNC(=O)c1ccc(N)c(C)c1. The molecule has 0 bridgehead atoms. The van der Waals surface area contributed by atoms with Gasteiger partial charge < -0.3 is 11.1 Å². The molecule has 17 heavy (non-hydrogen) atoms. The van der Waals surface area contributed by atoms with Crippen molar-refractivity contribution in [2.75, 3.05) is 12.3 Å². The number of nitrogens with two attached hydrogens (primary N) is 1. The van der Waals surface area contributed by atoms with E-state index in [0.717, 1.165) is 17.7 Å². The smallest absolute Gasteiger partial charge is 0.251 e. The molecule has 1 aromatic carbocycles. The van der Waals surface area contributed by atoms with Crippen molar-refractivity contribution in [3.05, 3.63) is 29.3 Å². The molecule has 1 rings (SSSR count). The first-order valence-electron chi connectivity index (χ1n) is 6.00. The number of anilines is 1. The highest BCUT2D eigenvalue weighted by atomic mass is 16.1. The van der Waals surface area contributed by atoms with Gasteiger partial charge in [-0.1, -0.05) is 20.8 Å². The lowest BCUT2D eigenvalue weighted by Crippen LogP contribution is -2.33. The van der Waals surface area contributed by atoms with E-state index in [4.69, 9.17) is 5.73 Å². The molecule has 0 saturated heterocycles. The Labute approximate surface area is 103 Å². The van der Waals surface area contributed by atoms with Crippen LogP contribution in [-0.2, 0) is 0 Å². The molecule has 0 radical (unpaired) electrons. The predicted octanol–water partition coefficient (Wildman–Crippen LogP) is 2.74. The molecule has 0 fully saturated rings. The van der Waals surface area contributed by atoms with Crippen LogP contribution in [0.1, 0.15) is 43.1 Å². The monoisotopic (exact) mass is 234 g/mol. The van der Waals surface area contributed by atoms with E-state index < -0.39 is 0 Å². The third kappa shape index (κ3) is 3.77. The molecule has 0 aliphatic rings. The lowest BCUT2D eigenvalue weighted by atomic mass is 9.90. The number of nitrogens with one attached hydrogen (secondary N) is 1. The van der Waals surface area contributed by atoms with Gasteiger partial charge in [0.05, 0.1) is 0 Å². The quantitative estimate of drug-likeness (QED) is 0.787. The summed E-state index contributed by atoms with van der Waals surface area (Å²) >= 11 is 0. The molecule has 94 valence electrons. The maximum atomic E-state index is 11.9. The molecule has 0 unspecified atom stereocenters. The van der Waals surface area contributed by atoms with Gasteiger partial charge in [0.2, 0.25) is 0 Å². The minimum Gasteiger partial charge on any atom is -0.399 e. The van der Waals surface area contributed by atoms with Crippen LogP contribution in [0.3, 0.4) is 0 Å². The van der Waals surface area contributed by atoms with Crippen molar-refractivity contribution in [2.24, 2.45) is 5.41 Å².